The van der Waals surface area contributed by atoms with Crippen LogP contribution in [0.2, 0.25) is 0 Å². The lowest BCUT2D eigenvalue weighted by Gasteiger charge is -2.32. The molecule has 0 aromatic heterocycles. The number of nitrogens with two attached hydrogens (primary N) is 1. The van der Waals surface area contributed by atoms with Crippen molar-refractivity contribution in [2.75, 3.05) is 20.1 Å². The molecule has 3 N–H and O–H groups in total. The van der Waals surface area contributed by atoms with Crippen LogP contribution in [0.4, 0.5) is 0 Å². The minimum absolute atomic E-state index is 0.0900. The molecule has 0 spiro atoms. The Morgan fingerprint density at radius 3 is 2.75 bits per heavy atom. The van der Waals surface area contributed by atoms with Gasteiger partial charge >= 0.3 is 0 Å². The highest BCUT2D eigenvalue weighted by Crippen LogP contribution is 2.15. The van der Waals surface area contributed by atoms with E-state index in [-0.39, 0.29) is 5.91 Å². The van der Waals surface area contributed by atoms with E-state index in [4.69, 9.17) is 5.73 Å². The monoisotopic (exact) mass is 275 g/mol. The zero-order valence-electron chi connectivity index (χ0n) is 12.4. The summed E-state index contributed by atoms with van der Waals surface area (Å²) < 4.78 is 0. The van der Waals surface area contributed by atoms with Gasteiger partial charge in [0, 0.05) is 12.6 Å². The first-order valence-electron chi connectivity index (χ1n) is 7.38. The van der Waals surface area contributed by atoms with Gasteiger partial charge < -0.3 is 16.0 Å². The molecule has 1 aromatic carbocycles. The summed E-state index contributed by atoms with van der Waals surface area (Å²) in [5.41, 5.74) is 8.05. The fraction of sp³-hybridized carbons (Fsp3) is 0.562. The first-order chi connectivity index (χ1) is 9.58. The van der Waals surface area contributed by atoms with Crippen molar-refractivity contribution in [3.8, 4) is 0 Å². The molecule has 110 valence electrons. The van der Waals surface area contributed by atoms with Crippen LogP contribution in [0.1, 0.15) is 36.4 Å². The number of carbonyl (C=O) groups is 1. The normalized spacial score (nSPS) is 21.4. The molecule has 0 bridgehead atoms. The minimum atomic E-state index is -0.579. The number of nitrogens with zero attached hydrogens (tertiary/aromatic N) is 1. The molecule has 1 aromatic rings. The lowest BCUT2D eigenvalue weighted by Crippen LogP contribution is -2.46. The number of amides is 1. The largest absolute Gasteiger partial charge is 0.353 e. The predicted octanol–water partition coefficient (Wildman–Crippen LogP) is 1.60. The highest BCUT2D eigenvalue weighted by Gasteiger charge is 2.21. The highest BCUT2D eigenvalue weighted by molar-refractivity contribution is 5.82. The van der Waals surface area contributed by atoms with E-state index in [2.05, 4.69) is 17.3 Å². The Balaban J connectivity index is 1.86. The zero-order valence-corrected chi connectivity index (χ0v) is 12.4. The van der Waals surface area contributed by atoms with Crippen molar-refractivity contribution < 1.29 is 4.79 Å². The number of likely N-dealkylation sites (N-methyl/N-ethyl adjacent to an activating group) is 1. The Kier molecular flexibility index (Phi) is 5.15. The van der Waals surface area contributed by atoms with E-state index in [1.54, 1.807) is 0 Å². The van der Waals surface area contributed by atoms with Gasteiger partial charge in [-0.1, -0.05) is 36.2 Å². The van der Waals surface area contributed by atoms with Crippen molar-refractivity contribution in [3.63, 3.8) is 0 Å². The first-order valence-corrected chi connectivity index (χ1v) is 7.38. The number of hydrogen-bond acceptors (Lipinski definition) is 3. The number of piperidine rings is 1. The van der Waals surface area contributed by atoms with Crippen LogP contribution < -0.4 is 11.1 Å². The van der Waals surface area contributed by atoms with Crippen LogP contribution in [0.15, 0.2) is 24.3 Å². The van der Waals surface area contributed by atoms with Crippen LogP contribution in [0.25, 0.3) is 0 Å². The Morgan fingerprint density at radius 2 is 2.10 bits per heavy atom. The quantitative estimate of drug-likeness (QED) is 0.877. The van der Waals surface area contributed by atoms with Crippen molar-refractivity contribution in [1.82, 2.24) is 10.2 Å². The van der Waals surface area contributed by atoms with Crippen molar-refractivity contribution >= 4 is 5.91 Å². The number of likely N-dealkylation sites (tertiary alicyclic amines) is 1. The van der Waals surface area contributed by atoms with Gasteiger partial charge in [0.05, 0.1) is 0 Å². The number of hydrogen-bond donors (Lipinski definition) is 2. The van der Waals surface area contributed by atoms with Crippen LogP contribution in [-0.2, 0) is 4.79 Å². The minimum Gasteiger partial charge on any atom is -0.353 e. The summed E-state index contributed by atoms with van der Waals surface area (Å²) >= 11 is 0. The maximum Gasteiger partial charge on any atom is 0.241 e. The summed E-state index contributed by atoms with van der Waals surface area (Å²) in [6, 6.07) is 7.68. The van der Waals surface area contributed by atoms with Gasteiger partial charge in [0.15, 0.2) is 0 Å². The molecule has 1 amide bonds. The average molecular weight is 275 g/mol. The first kappa shape index (κ1) is 15.0. The molecule has 4 heteroatoms. The Morgan fingerprint density at radius 1 is 1.40 bits per heavy atom. The van der Waals surface area contributed by atoms with Gasteiger partial charge in [0.1, 0.15) is 6.04 Å². The molecule has 0 radical (unpaired) electrons. The third-order valence-electron chi connectivity index (χ3n) is 4.15. The second kappa shape index (κ2) is 6.86. The number of benzene rings is 1. The van der Waals surface area contributed by atoms with Gasteiger partial charge in [-0.05, 0) is 38.9 Å². The third kappa shape index (κ3) is 3.81. The number of aryl methyl sites for hydroxylation is 1. The maximum atomic E-state index is 12.1. The van der Waals surface area contributed by atoms with E-state index in [9.17, 15) is 4.79 Å². The van der Waals surface area contributed by atoms with E-state index in [1.165, 1.54) is 18.4 Å². The standard InChI is InChI=1S/C16H25N3O/c1-12-6-8-13(9-7-12)15(17)16(20)18-11-14-5-3-4-10-19(14)2/h6-9,14-15H,3-5,10-11,17H2,1-2H3,(H,18,20). The Labute approximate surface area is 121 Å². The van der Waals surface area contributed by atoms with Gasteiger partial charge in [0.2, 0.25) is 5.91 Å². The molecule has 0 aliphatic carbocycles. The Bertz CT molecular complexity index is 444. The van der Waals surface area contributed by atoms with Gasteiger partial charge in [0.25, 0.3) is 0 Å². The van der Waals surface area contributed by atoms with Crippen LogP contribution in [0.3, 0.4) is 0 Å². The topological polar surface area (TPSA) is 58.4 Å². The lowest BCUT2D eigenvalue weighted by atomic mass is 10.0. The summed E-state index contributed by atoms with van der Waals surface area (Å²) in [7, 11) is 2.12. The fourth-order valence-electron chi connectivity index (χ4n) is 2.66. The van der Waals surface area contributed by atoms with Crippen molar-refractivity contribution in [2.24, 2.45) is 5.73 Å². The molecule has 4 nitrogen and oxygen atoms in total. The van der Waals surface area contributed by atoms with Crippen LogP contribution in [-0.4, -0.2) is 37.0 Å². The van der Waals surface area contributed by atoms with E-state index < -0.39 is 6.04 Å². The molecule has 1 aliphatic rings. The molecule has 2 rings (SSSR count). The van der Waals surface area contributed by atoms with Crippen molar-refractivity contribution in [2.45, 2.75) is 38.3 Å². The molecule has 2 unspecified atom stereocenters. The summed E-state index contributed by atoms with van der Waals surface area (Å²) in [6.07, 6.45) is 3.65. The molecule has 1 aliphatic heterocycles. The van der Waals surface area contributed by atoms with E-state index in [0.717, 1.165) is 18.5 Å². The Hall–Kier alpha value is -1.39. The maximum absolute atomic E-state index is 12.1. The van der Waals surface area contributed by atoms with E-state index in [1.807, 2.05) is 31.2 Å². The zero-order chi connectivity index (χ0) is 14.5. The molecule has 20 heavy (non-hydrogen) atoms. The van der Waals surface area contributed by atoms with Gasteiger partial charge in [-0.3, -0.25) is 4.79 Å². The number of carbonyl (C=O) groups excluding carboxylic acids is 1. The summed E-state index contributed by atoms with van der Waals surface area (Å²) in [4.78, 5) is 14.4. The number of rotatable bonds is 4. The highest BCUT2D eigenvalue weighted by atomic mass is 16.2. The molecule has 2 atom stereocenters. The third-order valence-corrected chi connectivity index (χ3v) is 4.15. The summed E-state index contributed by atoms with van der Waals surface area (Å²) in [5.74, 6) is -0.0900. The van der Waals surface area contributed by atoms with E-state index >= 15 is 0 Å². The number of nitrogens with one attached hydrogen (secondary N) is 1. The molecule has 1 fully saturated rings. The van der Waals surface area contributed by atoms with Gasteiger partial charge in [-0.2, -0.15) is 0 Å². The second-order valence-corrected chi connectivity index (χ2v) is 5.76. The van der Waals surface area contributed by atoms with Crippen LogP contribution in [0, 0.1) is 6.92 Å². The smallest absolute Gasteiger partial charge is 0.241 e. The average Bonchev–Trinajstić information content (AvgIpc) is 2.46. The summed E-state index contributed by atoms with van der Waals surface area (Å²) in [6.45, 7) is 3.83. The molecule has 0 saturated carbocycles. The van der Waals surface area contributed by atoms with Gasteiger partial charge in [-0.25, -0.2) is 0 Å². The molecule has 1 heterocycles. The molecular formula is C16H25N3O. The van der Waals surface area contributed by atoms with Crippen LogP contribution >= 0.6 is 0 Å². The summed E-state index contributed by atoms with van der Waals surface area (Å²) in [5, 5.41) is 2.99. The van der Waals surface area contributed by atoms with Crippen molar-refractivity contribution in [1.29, 1.82) is 0 Å². The van der Waals surface area contributed by atoms with Gasteiger partial charge in [-0.15, -0.1) is 0 Å². The molecule has 1 saturated heterocycles. The second-order valence-electron chi connectivity index (χ2n) is 5.76. The molecular weight excluding hydrogens is 250 g/mol. The lowest BCUT2D eigenvalue weighted by molar-refractivity contribution is -0.122. The fourth-order valence-corrected chi connectivity index (χ4v) is 2.66. The predicted molar refractivity (Wildman–Crippen MR) is 81.4 cm³/mol. The van der Waals surface area contributed by atoms with Crippen molar-refractivity contribution in [3.05, 3.63) is 35.4 Å². The SMILES string of the molecule is Cc1ccc(C(N)C(=O)NCC2CCCCN2C)cc1. The van der Waals surface area contributed by atoms with E-state index in [0.29, 0.717) is 12.6 Å². The van der Waals surface area contributed by atoms with Crippen LogP contribution in [0.5, 0.6) is 0 Å².